The predicted molar refractivity (Wildman–Crippen MR) is 58.1 cm³/mol. The van der Waals surface area contributed by atoms with Crippen LogP contribution in [0.1, 0.15) is 23.2 Å². The Morgan fingerprint density at radius 3 is 2.53 bits per heavy atom. The lowest BCUT2D eigenvalue weighted by Gasteiger charge is -2.14. The molecule has 1 aromatic carbocycles. The lowest BCUT2D eigenvalue weighted by Crippen LogP contribution is -2.30. The highest BCUT2D eigenvalue weighted by Crippen LogP contribution is 2.04. The predicted octanol–water partition coefficient (Wildman–Crippen LogP) is 1.90. The molecular weight excluding hydrogens is 190 g/mol. The first-order valence-corrected chi connectivity index (χ1v) is 4.90. The van der Waals surface area contributed by atoms with Gasteiger partial charge in [0.05, 0.1) is 0 Å². The Morgan fingerprint density at radius 1 is 1.33 bits per heavy atom. The Balaban J connectivity index is 2.69. The molecule has 0 saturated heterocycles. The third-order valence-electron chi connectivity index (χ3n) is 2.06. The van der Waals surface area contributed by atoms with Crippen LogP contribution in [-0.4, -0.2) is 23.8 Å². The highest BCUT2D eigenvalue weighted by molar-refractivity contribution is 5.99. The van der Waals surface area contributed by atoms with Crippen molar-refractivity contribution in [3.05, 3.63) is 42.8 Å². The van der Waals surface area contributed by atoms with Gasteiger partial charge in [-0.05, 0) is 18.6 Å². The molecular formula is C12H14NO2. The molecule has 1 aromatic rings. The summed E-state index contributed by atoms with van der Waals surface area (Å²) in [6, 6.07) is 8.78. The summed E-state index contributed by atoms with van der Waals surface area (Å²) in [5, 5.41) is 0. The van der Waals surface area contributed by atoms with Gasteiger partial charge in [0.25, 0.3) is 5.91 Å². The smallest absolute Gasteiger partial charge is 0.260 e. The first-order valence-electron chi connectivity index (χ1n) is 4.90. The van der Waals surface area contributed by atoms with Crippen molar-refractivity contribution in [1.29, 1.82) is 0 Å². The number of carbonyl (C=O) groups is 2. The van der Waals surface area contributed by atoms with E-state index in [2.05, 4.69) is 6.92 Å². The second-order valence-electron chi connectivity index (χ2n) is 3.18. The van der Waals surface area contributed by atoms with E-state index in [-0.39, 0.29) is 5.91 Å². The standard InChI is InChI=1S/C12H14NO2/c1-2-3-9-13(10-14)12(15)11-7-5-4-6-8-11/h4-8,10H,1-3,9H2. The van der Waals surface area contributed by atoms with Gasteiger partial charge in [0.15, 0.2) is 0 Å². The van der Waals surface area contributed by atoms with Crippen LogP contribution in [0.4, 0.5) is 0 Å². The highest BCUT2D eigenvalue weighted by atomic mass is 16.2. The van der Waals surface area contributed by atoms with Crippen LogP contribution in [0.2, 0.25) is 0 Å². The van der Waals surface area contributed by atoms with E-state index in [1.165, 1.54) is 4.90 Å². The van der Waals surface area contributed by atoms with Gasteiger partial charge in [-0.25, -0.2) is 0 Å². The molecule has 1 radical (unpaired) electrons. The molecule has 0 saturated carbocycles. The second kappa shape index (κ2) is 5.96. The maximum absolute atomic E-state index is 11.8. The van der Waals surface area contributed by atoms with E-state index in [0.717, 1.165) is 6.42 Å². The molecule has 1 rings (SSSR count). The molecule has 3 heteroatoms. The number of hydrogen-bond acceptors (Lipinski definition) is 2. The summed E-state index contributed by atoms with van der Waals surface area (Å²) in [5.41, 5.74) is 0.536. The molecule has 2 amide bonds. The molecule has 0 N–H and O–H groups in total. The van der Waals surface area contributed by atoms with Crippen LogP contribution >= 0.6 is 0 Å². The fourth-order valence-electron chi connectivity index (χ4n) is 1.23. The maximum atomic E-state index is 11.8. The number of hydrogen-bond donors (Lipinski definition) is 0. The zero-order valence-corrected chi connectivity index (χ0v) is 8.56. The normalized spacial score (nSPS) is 9.67. The van der Waals surface area contributed by atoms with Crippen molar-refractivity contribution in [2.45, 2.75) is 12.8 Å². The Kier molecular flexibility index (Phi) is 4.54. The zero-order chi connectivity index (χ0) is 11.1. The van der Waals surface area contributed by atoms with E-state index in [9.17, 15) is 9.59 Å². The minimum absolute atomic E-state index is 0.251. The Morgan fingerprint density at radius 2 is 2.00 bits per heavy atom. The number of carbonyl (C=O) groups excluding carboxylic acids is 2. The molecule has 0 atom stereocenters. The van der Waals surface area contributed by atoms with Crippen molar-refractivity contribution in [3.63, 3.8) is 0 Å². The van der Waals surface area contributed by atoms with Crippen molar-refractivity contribution < 1.29 is 9.59 Å². The van der Waals surface area contributed by atoms with E-state index in [1.54, 1.807) is 24.3 Å². The zero-order valence-electron chi connectivity index (χ0n) is 8.56. The molecule has 3 nitrogen and oxygen atoms in total. The van der Waals surface area contributed by atoms with Gasteiger partial charge in [0.1, 0.15) is 0 Å². The maximum Gasteiger partial charge on any atom is 0.260 e. The Bertz CT molecular complexity index is 322. The van der Waals surface area contributed by atoms with Crippen molar-refractivity contribution in [1.82, 2.24) is 4.90 Å². The van der Waals surface area contributed by atoms with Gasteiger partial charge >= 0.3 is 0 Å². The lowest BCUT2D eigenvalue weighted by atomic mass is 10.2. The van der Waals surface area contributed by atoms with Crippen molar-refractivity contribution >= 4 is 12.3 Å². The molecule has 0 aliphatic rings. The third kappa shape index (κ3) is 3.20. The van der Waals surface area contributed by atoms with E-state index in [0.29, 0.717) is 24.9 Å². The largest absolute Gasteiger partial charge is 0.281 e. The molecule has 0 spiro atoms. The van der Waals surface area contributed by atoms with Crippen LogP contribution in [0.5, 0.6) is 0 Å². The lowest BCUT2D eigenvalue weighted by molar-refractivity contribution is -0.116. The highest BCUT2D eigenvalue weighted by Gasteiger charge is 2.13. The molecule has 0 aromatic heterocycles. The number of amides is 2. The van der Waals surface area contributed by atoms with Crippen LogP contribution in [0.3, 0.4) is 0 Å². The fraction of sp³-hybridized carbons (Fsp3) is 0.250. The average molecular weight is 204 g/mol. The molecule has 0 fully saturated rings. The van der Waals surface area contributed by atoms with Gasteiger partial charge in [-0.2, -0.15) is 0 Å². The van der Waals surface area contributed by atoms with E-state index >= 15 is 0 Å². The number of nitrogens with zero attached hydrogens (tertiary/aromatic N) is 1. The van der Waals surface area contributed by atoms with Gasteiger partial charge in [-0.1, -0.05) is 31.5 Å². The van der Waals surface area contributed by atoms with Gasteiger partial charge in [0.2, 0.25) is 6.41 Å². The fourth-order valence-corrected chi connectivity index (χ4v) is 1.23. The summed E-state index contributed by atoms with van der Waals surface area (Å²) in [4.78, 5) is 23.6. The SMILES string of the molecule is [CH2]CCCN(C=O)C(=O)c1ccccc1. The second-order valence-corrected chi connectivity index (χ2v) is 3.18. The molecule has 0 heterocycles. The van der Waals surface area contributed by atoms with E-state index in [1.807, 2.05) is 6.07 Å². The summed E-state index contributed by atoms with van der Waals surface area (Å²) in [6.45, 7) is 4.10. The minimum Gasteiger partial charge on any atom is -0.281 e. The monoisotopic (exact) mass is 204 g/mol. The summed E-state index contributed by atoms with van der Waals surface area (Å²) >= 11 is 0. The molecule has 79 valence electrons. The van der Waals surface area contributed by atoms with E-state index in [4.69, 9.17) is 0 Å². The molecule has 0 unspecified atom stereocenters. The summed E-state index contributed by atoms with van der Waals surface area (Å²) in [7, 11) is 0. The van der Waals surface area contributed by atoms with Gasteiger partial charge in [0, 0.05) is 12.1 Å². The number of benzene rings is 1. The molecule has 0 aliphatic heterocycles. The van der Waals surface area contributed by atoms with Crippen LogP contribution in [0, 0.1) is 6.92 Å². The van der Waals surface area contributed by atoms with Gasteiger partial charge in [-0.15, -0.1) is 0 Å². The first kappa shape index (κ1) is 11.4. The topological polar surface area (TPSA) is 37.4 Å². The Labute approximate surface area is 89.7 Å². The average Bonchev–Trinajstić information content (AvgIpc) is 2.31. The summed E-state index contributed by atoms with van der Waals surface area (Å²) in [6.07, 6.45) is 2.02. The number of imide groups is 1. The minimum atomic E-state index is -0.251. The summed E-state index contributed by atoms with van der Waals surface area (Å²) in [5.74, 6) is -0.251. The number of unbranched alkanes of at least 4 members (excludes halogenated alkanes) is 1. The molecule has 0 aliphatic carbocycles. The molecule has 15 heavy (non-hydrogen) atoms. The van der Waals surface area contributed by atoms with Crippen LogP contribution in [0.15, 0.2) is 30.3 Å². The number of rotatable bonds is 5. The first-order chi connectivity index (χ1) is 7.29. The molecule has 0 bridgehead atoms. The summed E-state index contributed by atoms with van der Waals surface area (Å²) < 4.78 is 0. The third-order valence-corrected chi connectivity index (χ3v) is 2.06. The Hall–Kier alpha value is -1.64. The van der Waals surface area contributed by atoms with Crippen LogP contribution < -0.4 is 0 Å². The van der Waals surface area contributed by atoms with Crippen LogP contribution in [-0.2, 0) is 4.79 Å². The van der Waals surface area contributed by atoms with Crippen molar-refractivity contribution in [2.24, 2.45) is 0 Å². The van der Waals surface area contributed by atoms with Crippen LogP contribution in [0.25, 0.3) is 0 Å². The van der Waals surface area contributed by atoms with Crippen molar-refractivity contribution in [3.8, 4) is 0 Å². The quantitative estimate of drug-likeness (QED) is 0.687. The van der Waals surface area contributed by atoms with E-state index < -0.39 is 0 Å². The van der Waals surface area contributed by atoms with Crippen molar-refractivity contribution in [2.75, 3.05) is 6.54 Å². The van der Waals surface area contributed by atoms with Gasteiger partial charge in [-0.3, -0.25) is 14.5 Å². The van der Waals surface area contributed by atoms with Gasteiger partial charge < -0.3 is 0 Å².